The summed E-state index contributed by atoms with van der Waals surface area (Å²) in [5.74, 6) is -0.0255. The number of carbonyl (C=O) groups is 1. The van der Waals surface area contributed by atoms with Crippen LogP contribution in [0.1, 0.15) is 43.1 Å². The Morgan fingerprint density at radius 3 is 2.65 bits per heavy atom. The largest absolute Gasteiger partial charge is 0.393 e. The highest BCUT2D eigenvalue weighted by Crippen LogP contribution is 2.21. The molecule has 1 rings (SSSR count). The molecular formula is C13H21NO2S. The van der Waals surface area contributed by atoms with Crippen LogP contribution in [0.5, 0.6) is 0 Å². The van der Waals surface area contributed by atoms with E-state index in [1.807, 2.05) is 31.5 Å². The van der Waals surface area contributed by atoms with Crippen molar-refractivity contribution in [2.24, 2.45) is 5.41 Å². The molecule has 0 bridgehead atoms. The van der Waals surface area contributed by atoms with E-state index in [0.717, 1.165) is 11.1 Å². The van der Waals surface area contributed by atoms with Crippen molar-refractivity contribution >= 4 is 17.2 Å². The molecule has 0 aliphatic rings. The minimum Gasteiger partial charge on any atom is -0.393 e. The minimum atomic E-state index is -0.343. The van der Waals surface area contributed by atoms with E-state index in [1.165, 1.54) is 11.3 Å². The van der Waals surface area contributed by atoms with Crippen molar-refractivity contribution < 1.29 is 9.90 Å². The van der Waals surface area contributed by atoms with E-state index < -0.39 is 0 Å². The molecule has 1 atom stereocenters. The lowest BCUT2D eigenvalue weighted by molar-refractivity contribution is 0.0902. The number of hydrogen-bond acceptors (Lipinski definition) is 3. The third-order valence-corrected chi connectivity index (χ3v) is 3.54. The molecule has 0 aliphatic heterocycles. The van der Waals surface area contributed by atoms with Gasteiger partial charge in [-0.3, -0.25) is 4.79 Å². The minimum absolute atomic E-state index is 0.0255. The van der Waals surface area contributed by atoms with Crippen LogP contribution in [0.3, 0.4) is 0 Å². The van der Waals surface area contributed by atoms with Gasteiger partial charge in [0.15, 0.2) is 0 Å². The number of thiophene rings is 1. The summed E-state index contributed by atoms with van der Waals surface area (Å²) in [5, 5.41) is 16.1. The lowest BCUT2D eigenvalue weighted by atomic mass is 9.87. The van der Waals surface area contributed by atoms with Gasteiger partial charge in [0.1, 0.15) is 0 Å². The second-order valence-corrected chi connectivity index (χ2v) is 6.11. The normalized spacial score (nSPS) is 13.5. The molecule has 4 heteroatoms. The molecule has 3 nitrogen and oxygen atoms in total. The van der Waals surface area contributed by atoms with Crippen LogP contribution < -0.4 is 5.32 Å². The fraction of sp³-hybridized carbons (Fsp3) is 0.615. The number of hydrogen-bond donors (Lipinski definition) is 2. The van der Waals surface area contributed by atoms with Gasteiger partial charge in [-0.2, -0.15) is 11.3 Å². The van der Waals surface area contributed by atoms with Crippen molar-refractivity contribution in [3.8, 4) is 0 Å². The van der Waals surface area contributed by atoms with Crippen LogP contribution in [-0.2, 0) is 0 Å². The maximum atomic E-state index is 11.9. The lowest BCUT2D eigenvalue weighted by Crippen LogP contribution is -2.35. The van der Waals surface area contributed by atoms with Gasteiger partial charge in [0.2, 0.25) is 0 Å². The summed E-state index contributed by atoms with van der Waals surface area (Å²) in [5.41, 5.74) is 1.68. The fourth-order valence-electron chi connectivity index (χ4n) is 1.88. The summed E-state index contributed by atoms with van der Waals surface area (Å²) in [6.45, 7) is 8.37. The first kappa shape index (κ1) is 14.2. The molecule has 1 amide bonds. The summed E-state index contributed by atoms with van der Waals surface area (Å²) in [6.07, 6.45) is 0.334. The second-order valence-electron chi connectivity index (χ2n) is 5.37. The molecule has 96 valence electrons. The molecule has 1 unspecified atom stereocenters. The Bertz CT molecular complexity index is 383. The van der Waals surface area contributed by atoms with Gasteiger partial charge in [-0.15, -0.1) is 0 Å². The van der Waals surface area contributed by atoms with E-state index in [1.54, 1.807) is 6.92 Å². The van der Waals surface area contributed by atoms with E-state index in [4.69, 9.17) is 0 Å². The van der Waals surface area contributed by atoms with E-state index >= 15 is 0 Å². The molecule has 0 saturated heterocycles. The highest BCUT2D eigenvalue weighted by molar-refractivity contribution is 7.08. The van der Waals surface area contributed by atoms with E-state index in [-0.39, 0.29) is 17.4 Å². The molecule has 0 aromatic carbocycles. The molecule has 17 heavy (non-hydrogen) atoms. The molecule has 1 aromatic heterocycles. The van der Waals surface area contributed by atoms with Crippen LogP contribution in [0, 0.1) is 12.3 Å². The highest BCUT2D eigenvalue weighted by atomic mass is 32.1. The van der Waals surface area contributed by atoms with Gasteiger partial charge in [0, 0.05) is 11.9 Å². The topological polar surface area (TPSA) is 49.3 Å². The van der Waals surface area contributed by atoms with Crippen LogP contribution in [0.2, 0.25) is 0 Å². The van der Waals surface area contributed by atoms with Crippen molar-refractivity contribution in [2.45, 2.75) is 40.2 Å². The van der Waals surface area contributed by atoms with Crippen LogP contribution in [0.4, 0.5) is 0 Å². The summed E-state index contributed by atoms with van der Waals surface area (Å²) in [6, 6.07) is 0. The Kier molecular flexibility index (Phi) is 4.71. The molecule has 0 radical (unpaired) electrons. The van der Waals surface area contributed by atoms with Gasteiger partial charge < -0.3 is 10.4 Å². The Morgan fingerprint density at radius 1 is 1.53 bits per heavy atom. The van der Waals surface area contributed by atoms with Gasteiger partial charge >= 0.3 is 0 Å². The Balaban J connectivity index is 2.51. The van der Waals surface area contributed by atoms with Crippen LogP contribution >= 0.6 is 11.3 Å². The first-order chi connectivity index (χ1) is 7.82. The zero-order chi connectivity index (χ0) is 13.1. The van der Waals surface area contributed by atoms with Crippen LogP contribution in [0.25, 0.3) is 0 Å². The van der Waals surface area contributed by atoms with Gasteiger partial charge in [0.05, 0.1) is 11.7 Å². The molecule has 2 N–H and O–H groups in total. The van der Waals surface area contributed by atoms with E-state index in [0.29, 0.717) is 13.0 Å². The lowest BCUT2D eigenvalue weighted by Gasteiger charge is -2.26. The smallest absolute Gasteiger partial charge is 0.252 e. The third kappa shape index (κ3) is 4.48. The third-order valence-electron chi connectivity index (χ3n) is 2.68. The van der Waals surface area contributed by atoms with Crippen molar-refractivity contribution in [3.05, 3.63) is 21.9 Å². The number of aliphatic hydroxyl groups excluding tert-OH is 1. The average molecular weight is 255 g/mol. The summed E-state index contributed by atoms with van der Waals surface area (Å²) >= 11 is 1.54. The number of rotatable bonds is 5. The molecule has 0 fully saturated rings. The maximum absolute atomic E-state index is 11.9. The second kappa shape index (κ2) is 5.65. The number of aryl methyl sites for hydroxylation is 1. The standard InChI is InChI=1S/C13H21NO2S/c1-9-6-17-7-11(9)12(16)14-8-13(3,4)5-10(2)15/h6-7,10,15H,5,8H2,1-4H3,(H,14,16). The number of aliphatic hydroxyl groups is 1. The zero-order valence-electron chi connectivity index (χ0n) is 10.9. The first-order valence-electron chi connectivity index (χ1n) is 5.81. The molecule has 1 heterocycles. The Morgan fingerprint density at radius 2 is 2.18 bits per heavy atom. The monoisotopic (exact) mass is 255 g/mol. The van der Waals surface area contributed by atoms with Crippen molar-refractivity contribution in [1.29, 1.82) is 0 Å². The quantitative estimate of drug-likeness (QED) is 0.849. The molecular weight excluding hydrogens is 234 g/mol. The SMILES string of the molecule is Cc1cscc1C(=O)NCC(C)(C)CC(C)O. The van der Waals surface area contributed by atoms with Crippen molar-refractivity contribution in [3.63, 3.8) is 0 Å². The van der Waals surface area contributed by atoms with Crippen LogP contribution in [0.15, 0.2) is 10.8 Å². The van der Waals surface area contributed by atoms with Crippen LogP contribution in [-0.4, -0.2) is 23.7 Å². The van der Waals surface area contributed by atoms with Gasteiger partial charge in [-0.05, 0) is 36.6 Å². The zero-order valence-corrected chi connectivity index (χ0v) is 11.7. The summed E-state index contributed by atoms with van der Waals surface area (Å²) in [7, 11) is 0. The number of amides is 1. The van der Waals surface area contributed by atoms with Gasteiger partial charge in [-0.25, -0.2) is 0 Å². The predicted molar refractivity (Wildman–Crippen MR) is 71.5 cm³/mol. The first-order valence-corrected chi connectivity index (χ1v) is 6.75. The van der Waals surface area contributed by atoms with Crippen molar-refractivity contribution in [2.75, 3.05) is 6.54 Å². The molecule has 0 aliphatic carbocycles. The maximum Gasteiger partial charge on any atom is 0.252 e. The van der Waals surface area contributed by atoms with Crippen molar-refractivity contribution in [1.82, 2.24) is 5.32 Å². The van der Waals surface area contributed by atoms with Gasteiger partial charge in [-0.1, -0.05) is 13.8 Å². The van der Waals surface area contributed by atoms with E-state index in [9.17, 15) is 9.90 Å². The van der Waals surface area contributed by atoms with Gasteiger partial charge in [0.25, 0.3) is 5.91 Å². The molecule has 0 spiro atoms. The highest BCUT2D eigenvalue weighted by Gasteiger charge is 2.21. The Hall–Kier alpha value is -0.870. The summed E-state index contributed by atoms with van der Waals surface area (Å²) in [4.78, 5) is 11.9. The fourth-order valence-corrected chi connectivity index (χ4v) is 2.71. The predicted octanol–water partition coefficient (Wildman–Crippen LogP) is 2.58. The Labute approximate surface area is 107 Å². The molecule has 0 saturated carbocycles. The summed E-state index contributed by atoms with van der Waals surface area (Å²) < 4.78 is 0. The number of nitrogens with one attached hydrogen (secondary N) is 1. The average Bonchev–Trinajstić information content (AvgIpc) is 2.59. The number of carbonyl (C=O) groups excluding carboxylic acids is 1. The van der Waals surface area contributed by atoms with E-state index in [2.05, 4.69) is 5.32 Å². The molecule has 1 aromatic rings.